The third-order valence-corrected chi connectivity index (χ3v) is 3.32. The molecule has 1 rings (SSSR count). The molecule has 0 radical (unpaired) electrons. The molecule has 1 fully saturated rings. The molecule has 17 heavy (non-hydrogen) atoms. The number of hydrogen-bond acceptors (Lipinski definition) is 4. The van der Waals surface area contributed by atoms with E-state index in [0.717, 1.165) is 13.0 Å². The van der Waals surface area contributed by atoms with E-state index in [1.54, 1.807) is 14.0 Å². The predicted molar refractivity (Wildman–Crippen MR) is 67.2 cm³/mol. The van der Waals surface area contributed by atoms with Crippen LogP contribution >= 0.6 is 0 Å². The van der Waals surface area contributed by atoms with E-state index in [2.05, 4.69) is 18.7 Å². The van der Waals surface area contributed by atoms with Gasteiger partial charge in [0.1, 0.15) is 5.78 Å². The maximum absolute atomic E-state index is 10.8. The smallest absolute Gasteiger partial charge is 0.132 e. The Morgan fingerprint density at radius 1 is 1.47 bits per heavy atom. The second-order valence-corrected chi connectivity index (χ2v) is 5.06. The molecule has 0 aromatic rings. The molecule has 0 amide bonds. The van der Waals surface area contributed by atoms with Gasteiger partial charge in [0.2, 0.25) is 0 Å². The average molecular weight is 243 g/mol. The normalized spacial score (nSPS) is 25.7. The summed E-state index contributed by atoms with van der Waals surface area (Å²) in [7, 11) is 1.77. The lowest BCUT2D eigenvalue weighted by Gasteiger charge is -2.27. The van der Waals surface area contributed by atoms with Crippen molar-refractivity contribution in [2.24, 2.45) is 0 Å². The molecule has 1 aliphatic heterocycles. The number of rotatable bonds is 7. The zero-order chi connectivity index (χ0) is 12.8. The van der Waals surface area contributed by atoms with Crippen LogP contribution in [0.15, 0.2) is 0 Å². The average Bonchev–Trinajstić information content (AvgIpc) is 2.67. The second-order valence-electron chi connectivity index (χ2n) is 5.06. The van der Waals surface area contributed by atoms with Gasteiger partial charge in [-0.1, -0.05) is 0 Å². The molecule has 4 heteroatoms. The van der Waals surface area contributed by atoms with Crippen molar-refractivity contribution in [2.45, 2.75) is 51.8 Å². The number of ketones is 1. The fourth-order valence-electron chi connectivity index (χ4n) is 2.30. The molecule has 2 atom stereocenters. The first-order valence-corrected chi connectivity index (χ1v) is 6.40. The van der Waals surface area contributed by atoms with Gasteiger partial charge in [0.25, 0.3) is 0 Å². The maximum Gasteiger partial charge on any atom is 0.132 e. The van der Waals surface area contributed by atoms with Crippen LogP contribution in [0.1, 0.15) is 33.6 Å². The molecule has 0 N–H and O–H groups in total. The number of likely N-dealkylation sites (tertiary alicyclic amines) is 1. The van der Waals surface area contributed by atoms with E-state index in [9.17, 15) is 4.79 Å². The van der Waals surface area contributed by atoms with Crippen molar-refractivity contribution in [3.8, 4) is 0 Å². The number of hydrogen-bond donors (Lipinski definition) is 0. The number of carbonyl (C=O) groups is 1. The highest BCUT2D eigenvalue weighted by Gasteiger charge is 2.33. The first-order valence-electron chi connectivity index (χ1n) is 6.40. The van der Waals surface area contributed by atoms with E-state index in [1.165, 1.54) is 0 Å². The van der Waals surface area contributed by atoms with Gasteiger partial charge in [-0.05, 0) is 27.2 Å². The molecule has 0 aliphatic carbocycles. The minimum atomic E-state index is 0.187. The summed E-state index contributed by atoms with van der Waals surface area (Å²) in [5.74, 6) is 0.187. The number of ether oxygens (including phenoxy) is 2. The summed E-state index contributed by atoms with van der Waals surface area (Å²) in [4.78, 5) is 13.2. The Morgan fingerprint density at radius 2 is 2.18 bits per heavy atom. The Labute approximate surface area is 104 Å². The van der Waals surface area contributed by atoms with E-state index >= 15 is 0 Å². The molecular formula is C13H25NO3. The Balaban J connectivity index is 2.32. The summed E-state index contributed by atoms with van der Waals surface area (Å²) in [5, 5.41) is 0. The van der Waals surface area contributed by atoms with Crippen molar-refractivity contribution in [2.75, 3.05) is 26.9 Å². The Hall–Kier alpha value is -0.450. The Kier molecular flexibility index (Phi) is 6.09. The zero-order valence-electron chi connectivity index (χ0n) is 11.4. The molecule has 1 aliphatic rings. The Bertz CT molecular complexity index is 243. The van der Waals surface area contributed by atoms with Gasteiger partial charge in [-0.2, -0.15) is 0 Å². The maximum atomic E-state index is 10.8. The summed E-state index contributed by atoms with van der Waals surface area (Å²) in [6.07, 6.45) is 1.86. The first kappa shape index (κ1) is 14.6. The molecule has 0 saturated carbocycles. The lowest BCUT2D eigenvalue weighted by atomic mass is 10.2. The van der Waals surface area contributed by atoms with Gasteiger partial charge in [0.15, 0.2) is 0 Å². The molecule has 4 nitrogen and oxygen atoms in total. The highest BCUT2D eigenvalue weighted by Crippen LogP contribution is 2.22. The second kappa shape index (κ2) is 7.09. The molecule has 0 aromatic carbocycles. The minimum absolute atomic E-state index is 0.187. The monoisotopic (exact) mass is 243 g/mol. The quantitative estimate of drug-likeness (QED) is 0.635. The fourth-order valence-corrected chi connectivity index (χ4v) is 2.30. The van der Waals surface area contributed by atoms with Gasteiger partial charge in [-0.15, -0.1) is 0 Å². The van der Waals surface area contributed by atoms with Crippen LogP contribution in [0.4, 0.5) is 0 Å². The topological polar surface area (TPSA) is 38.8 Å². The van der Waals surface area contributed by atoms with Gasteiger partial charge in [-0.25, -0.2) is 0 Å². The van der Waals surface area contributed by atoms with Crippen LogP contribution in [-0.2, 0) is 14.3 Å². The summed E-state index contributed by atoms with van der Waals surface area (Å²) >= 11 is 0. The van der Waals surface area contributed by atoms with Crippen LogP contribution in [0, 0.1) is 0 Å². The van der Waals surface area contributed by atoms with Gasteiger partial charge >= 0.3 is 0 Å². The summed E-state index contributed by atoms with van der Waals surface area (Å²) in [5.41, 5.74) is 0. The molecule has 100 valence electrons. The highest BCUT2D eigenvalue weighted by atomic mass is 16.5. The standard InChI is InChI=1S/C13H25NO3/c1-10(2)14-8-13(16-4)7-12(14)9-17-6-5-11(3)15/h10,12-13H,5-9H2,1-4H3/t12-,13-/m0/s1. The third-order valence-electron chi connectivity index (χ3n) is 3.32. The van der Waals surface area contributed by atoms with Gasteiger partial charge in [0, 0.05) is 32.2 Å². The van der Waals surface area contributed by atoms with Crippen molar-refractivity contribution < 1.29 is 14.3 Å². The van der Waals surface area contributed by atoms with Gasteiger partial charge in [0.05, 0.1) is 19.3 Å². The van der Waals surface area contributed by atoms with Crippen LogP contribution in [0.5, 0.6) is 0 Å². The molecule has 0 aromatic heterocycles. The van der Waals surface area contributed by atoms with E-state index < -0.39 is 0 Å². The Morgan fingerprint density at radius 3 is 2.71 bits per heavy atom. The number of nitrogens with zero attached hydrogens (tertiary/aromatic N) is 1. The molecule has 1 heterocycles. The van der Waals surface area contributed by atoms with E-state index in [-0.39, 0.29) is 5.78 Å². The fraction of sp³-hybridized carbons (Fsp3) is 0.923. The van der Waals surface area contributed by atoms with Crippen LogP contribution in [0.2, 0.25) is 0 Å². The van der Waals surface area contributed by atoms with Crippen LogP contribution in [-0.4, -0.2) is 55.7 Å². The first-order chi connectivity index (χ1) is 8.04. The molecule has 1 saturated heterocycles. The van der Waals surface area contributed by atoms with E-state index in [1.807, 2.05) is 0 Å². The van der Waals surface area contributed by atoms with Crippen molar-refractivity contribution in [3.63, 3.8) is 0 Å². The summed E-state index contributed by atoms with van der Waals surface area (Å²) in [6, 6.07) is 0.934. The van der Waals surface area contributed by atoms with E-state index in [0.29, 0.717) is 37.8 Å². The number of methoxy groups -OCH3 is 1. The molecule has 0 unspecified atom stereocenters. The van der Waals surface area contributed by atoms with Gasteiger partial charge < -0.3 is 9.47 Å². The third kappa shape index (κ3) is 4.74. The predicted octanol–water partition coefficient (Wildman–Crippen LogP) is 1.48. The highest BCUT2D eigenvalue weighted by molar-refractivity contribution is 5.75. The van der Waals surface area contributed by atoms with Crippen molar-refractivity contribution >= 4 is 5.78 Å². The number of carbonyl (C=O) groups excluding carboxylic acids is 1. The summed E-state index contributed by atoms with van der Waals surface area (Å²) in [6.45, 7) is 8.21. The summed E-state index contributed by atoms with van der Waals surface area (Å²) < 4.78 is 11.0. The minimum Gasteiger partial charge on any atom is -0.380 e. The van der Waals surface area contributed by atoms with Crippen LogP contribution in [0.3, 0.4) is 0 Å². The lowest BCUT2D eigenvalue weighted by molar-refractivity contribution is -0.118. The van der Waals surface area contributed by atoms with Crippen molar-refractivity contribution in [3.05, 3.63) is 0 Å². The van der Waals surface area contributed by atoms with Crippen LogP contribution in [0.25, 0.3) is 0 Å². The van der Waals surface area contributed by atoms with Crippen LogP contribution < -0.4 is 0 Å². The van der Waals surface area contributed by atoms with Crippen molar-refractivity contribution in [1.82, 2.24) is 4.90 Å². The van der Waals surface area contributed by atoms with Gasteiger partial charge in [-0.3, -0.25) is 9.69 Å². The molecule has 0 bridgehead atoms. The molecule has 0 spiro atoms. The lowest BCUT2D eigenvalue weighted by Crippen LogP contribution is -2.38. The zero-order valence-corrected chi connectivity index (χ0v) is 11.4. The van der Waals surface area contributed by atoms with Crippen molar-refractivity contribution in [1.29, 1.82) is 0 Å². The SMILES string of the molecule is CO[C@H]1C[C@@H](COCCC(C)=O)N(C(C)C)C1. The number of Topliss-reactive ketones (excluding diaryl/α,β-unsaturated/α-hetero) is 1. The molecular weight excluding hydrogens is 218 g/mol. The largest absolute Gasteiger partial charge is 0.380 e. The van der Waals surface area contributed by atoms with E-state index in [4.69, 9.17) is 9.47 Å².